The van der Waals surface area contributed by atoms with Gasteiger partial charge in [-0.15, -0.1) is 0 Å². The molecule has 1 fully saturated rings. The largest absolute Gasteiger partial charge is 0.418 e. The van der Waals surface area contributed by atoms with Gasteiger partial charge < -0.3 is 20.7 Å². The summed E-state index contributed by atoms with van der Waals surface area (Å²) in [6, 6.07) is 0.750. The zero-order valence-corrected chi connectivity index (χ0v) is 14.8. The van der Waals surface area contributed by atoms with Crippen LogP contribution in [0.3, 0.4) is 0 Å². The van der Waals surface area contributed by atoms with Crippen LogP contribution in [-0.2, 0) is 25.3 Å². The molecule has 1 atom stereocenters. The number of nitrogens with zero attached hydrogens (tertiary/aromatic N) is 1. The molecule has 160 valence electrons. The number of carbonyl (C=O) groups excluding carboxylic acids is 3. The third-order valence-electron chi connectivity index (χ3n) is 3.89. The molecule has 1 aliphatic heterocycles. The normalized spacial score (nSPS) is 16.1. The van der Waals surface area contributed by atoms with Crippen molar-refractivity contribution in [2.45, 2.75) is 18.6 Å². The minimum atomic E-state index is -4.92. The first-order chi connectivity index (χ1) is 13.5. The predicted molar refractivity (Wildman–Crippen MR) is 90.2 cm³/mol. The molecule has 0 aliphatic carbocycles. The highest BCUT2D eigenvalue weighted by Gasteiger charge is 2.36. The standard InChI is InChI=1S/C16H17F5N4O4/c17-11(18)6-23-13(14(22)27)15(28)24-10-2-1-8(5-9(10)16(19,20)21)25-3-4-29-7-12(25)26/h1-2,5,11,13,23H,3-4,6-7H2,(H2,22,27)(H,24,28)/t13-/m0/s1. The van der Waals surface area contributed by atoms with Crippen LogP contribution >= 0.6 is 0 Å². The number of rotatable bonds is 7. The van der Waals surface area contributed by atoms with Crippen LogP contribution in [0.25, 0.3) is 0 Å². The van der Waals surface area contributed by atoms with Crippen LogP contribution in [0.1, 0.15) is 5.56 Å². The van der Waals surface area contributed by atoms with Gasteiger partial charge in [0.2, 0.25) is 5.91 Å². The Balaban J connectivity index is 2.30. The minimum absolute atomic E-state index is 0.0448. The van der Waals surface area contributed by atoms with Gasteiger partial charge in [-0.05, 0) is 18.2 Å². The fourth-order valence-electron chi connectivity index (χ4n) is 2.57. The summed E-state index contributed by atoms with van der Waals surface area (Å²) in [6.07, 6.45) is -7.84. The number of primary amides is 1. The maximum Gasteiger partial charge on any atom is 0.418 e. The van der Waals surface area contributed by atoms with Crippen LogP contribution in [-0.4, -0.2) is 56.5 Å². The molecule has 1 aromatic rings. The fraction of sp³-hybridized carbons (Fsp3) is 0.438. The van der Waals surface area contributed by atoms with Crippen molar-refractivity contribution in [3.8, 4) is 0 Å². The Kier molecular flexibility index (Phi) is 7.08. The zero-order valence-electron chi connectivity index (χ0n) is 14.8. The van der Waals surface area contributed by atoms with Gasteiger partial charge in [-0.1, -0.05) is 0 Å². The SMILES string of the molecule is NC(=O)[C@H](NCC(F)F)C(=O)Nc1ccc(N2CCOCC2=O)cc1C(F)(F)F. The van der Waals surface area contributed by atoms with Crippen LogP contribution in [0.2, 0.25) is 0 Å². The van der Waals surface area contributed by atoms with Crippen molar-refractivity contribution >= 4 is 29.1 Å². The average molecular weight is 424 g/mol. The molecule has 1 saturated heterocycles. The quantitative estimate of drug-likeness (QED) is 0.441. The molecule has 1 aliphatic rings. The lowest BCUT2D eigenvalue weighted by Crippen LogP contribution is -2.51. The van der Waals surface area contributed by atoms with E-state index >= 15 is 0 Å². The summed E-state index contributed by atoms with van der Waals surface area (Å²) in [5.41, 5.74) is 2.87. The fourth-order valence-corrected chi connectivity index (χ4v) is 2.57. The third-order valence-corrected chi connectivity index (χ3v) is 3.89. The number of amides is 3. The second-order valence-corrected chi connectivity index (χ2v) is 5.95. The van der Waals surface area contributed by atoms with Crippen LogP contribution in [0.5, 0.6) is 0 Å². The molecule has 0 radical (unpaired) electrons. The number of carbonyl (C=O) groups is 3. The van der Waals surface area contributed by atoms with Gasteiger partial charge >= 0.3 is 6.18 Å². The molecule has 29 heavy (non-hydrogen) atoms. The molecular weight excluding hydrogens is 407 g/mol. The molecule has 1 aromatic carbocycles. The Morgan fingerprint density at radius 3 is 2.52 bits per heavy atom. The molecule has 0 bridgehead atoms. The lowest BCUT2D eigenvalue weighted by Gasteiger charge is -2.28. The van der Waals surface area contributed by atoms with Crippen LogP contribution < -0.4 is 21.3 Å². The number of anilines is 2. The van der Waals surface area contributed by atoms with E-state index in [0.717, 1.165) is 11.0 Å². The van der Waals surface area contributed by atoms with Gasteiger partial charge in [0.05, 0.1) is 24.4 Å². The van der Waals surface area contributed by atoms with E-state index in [9.17, 15) is 36.3 Å². The first-order valence-electron chi connectivity index (χ1n) is 8.21. The molecule has 0 unspecified atom stereocenters. The van der Waals surface area contributed by atoms with Gasteiger partial charge in [0.1, 0.15) is 6.61 Å². The van der Waals surface area contributed by atoms with Gasteiger partial charge in [0.15, 0.2) is 6.04 Å². The first-order valence-corrected chi connectivity index (χ1v) is 8.21. The molecule has 4 N–H and O–H groups in total. The predicted octanol–water partition coefficient (Wildman–Crippen LogP) is 0.716. The second-order valence-electron chi connectivity index (χ2n) is 5.95. The Morgan fingerprint density at radius 1 is 1.28 bits per heavy atom. The number of hydrogen-bond donors (Lipinski definition) is 3. The van der Waals surface area contributed by atoms with Crippen molar-refractivity contribution in [2.24, 2.45) is 5.73 Å². The van der Waals surface area contributed by atoms with E-state index in [-0.39, 0.29) is 25.4 Å². The maximum absolute atomic E-state index is 13.5. The average Bonchev–Trinajstić information content (AvgIpc) is 2.61. The van der Waals surface area contributed by atoms with E-state index in [1.54, 1.807) is 0 Å². The number of benzene rings is 1. The highest BCUT2D eigenvalue weighted by atomic mass is 19.4. The number of halogens is 5. The van der Waals surface area contributed by atoms with E-state index in [4.69, 9.17) is 10.5 Å². The van der Waals surface area contributed by atoms with Gasteiger partial charge in [0.25, 0.3) is 18.2 Å². The molecule has 8 nitrogen and oxygen atoms in total. The van der Waals surface area contributed by atoms with Crippen molar-refractivity contribution < 1.29 is 41.1 Å². The molecular formula is C16H17F5N4O4. The van der Waals surface area contributed by atoms with Crippen molar-refractivity contribution in [1.82, 2.24) is 5.32 Å². The lowest BCUT2D eigenvalue weighted by atomic mass is 10.1. The van der Waals surface area contributed by atoms with Crippen LogP contribution in [0.15, 0.2) is 18.2 Å². The monoisotopic (exact) mass is 424 g/mol. The van der Waals surface area contributed by atoms with Crippen molar-refractivity contribution in [3.63, 3.8) is 0 Å². The molecule has 3 amide bonds. The smallest absolute Gasteiger partial charge is 0.370 e. The van der Waals surface area contributed by atoms with Gasteiger partial charge in [-0.3, -0.25) is 19.7 Å². The summed E-state index contributed by atoms with van der Waals surface area (Å²) in [5.74, 6) is -3.21. The second kappa shape index (κ2) is 9.13. The molecule has 13 heteroatoms. The highest BCUT2D eigenvalue weighted by molar-refractivity contribution is 6.10. The summed E-state index contributed by atoms with van der Waals surface area (Å²) >= 11 is 0. The Hall–Kier alpha value is -2.80. The Labute approximate surface area is 161 Å². The maximum atomic E-state index is 13.5. The number of morpholine rings is 1. The molecule has 0 spiro atoms. The molecule has 0 aromatic heterocycles. The Morgan fingerprint density at radius 2 is 1.97 bits per heavy atom. The van der Waals surface area contributed by atoms with Gasteiger partial charge in [-0.2, -0.15) is 13.2 Å². The van der Waals surface area contributed by atoms with E-state index in [0.29, 0.717) is 6.07 Å². The van der Waals surface area contributed by atoms with E-state index in [2.05, 4.69) is 0 Å². The van der Waals surface area contributed by atoms with Gasteiger partial charge in [0, 0.05) is 12.2 Å². The highest BCUT2D eigenvalue weighted by Crippen LogP contribution is 2.37. The van der Waals surface area contributed by atoms with Crippen LogP contribution in [0, 0.1) is 0 Å². The summed E-state index contributed by atoms with van der Waals surface area (Å²) in [5, 5.41) is 3.75. The van der Waals surface area contributed by atoms with E-state index < -0.39 is 54.2 Å². The summed E-state index contributed by atoms with van der Waals surface area (Å²) in [4.78, 5) is 36.4. The lowest BCUT2D eigenvalue weighted by molar-refractivity contribution is -0.137. The number of hydrogen-bond acceptors (Lipinski definition) is 5. The molecule has 1 heterocycles. The van der Waals surface area contributed by atoms with Crippen LogP contribution in [0.4, 0.5) is 33.3 Å². The number of nitrogens with two attached hydrogens (primary N) is 1. The topological polar surface area (TPSA) is 114 Å². The minimum Gasteiger partial charge on any atom is -0.370 e. The summed E-state index contributed by atoms with van der Waals surface area (Å²) in [6.45, 7) is -1.16. The van der Waals surface area contributed by atoms with Crippen molar-refractivity contribution in [1.29, 1.82) is 0 Å². The first kappa shape index (κ1) is 22.5. The van der Waals surface area contributed by atoms with Crippen molar-refractivity contribution in [2.75, 3.05) is 36.5 Å². The number of ether oxygens (including phenoxy) is 1. The summed E-state index contributed by atoms with van der Waals surface area (Å²) in [7, 11) is 0. The van der Waals surface area contributed by atoms with E-state index in [1.807, 2.05) is 10.6 Å². The van der Waals surface area contributed by atoms with E-state index in [1.165, 1.54) is 6.07 Å². The molecule has 2 rings (SSSR count). The zero-order chi connectivity index (χ0) is 21.8. The number of alkyl halides is 5. The summed E-state index contributed by atoms with van der Waals surface area (Å²) < 4.78 is 69.9. The third kappa shape index (κ3) is 5.84. The van der Waals surface area contributed by atoms with Gasteiger partial charge in [-0.25, -0.2) is 8.78 Å². The van der Waals surface area contributed by atoms with Crippen molar-refractivity contribution in [3.05, 3.63) is 23.8 Å². The Bertz CT molecular complexity index is 787. The molecule has 0 saturated carbocycles. The number of nitrogens with one attached hydrogen (secondary N) is 2.